The Morgan fingerprint density at radius 1 is 1.09 bits per heavy atom. The van der Waals surface area contributed by atoms with Gasteiger partial charge in [0.15, 0.2) is 0 Å². The Morgan fingerprint density at radius 3 is 2.53 bits per heavy atom. The average Bonchev–Trinajstić information content (AvgIpc) is 3.14. The molecule has 3 heterocycles. The summed E-state index contributed by atoms with van der Waals surface area (Å²) in [5.41, 5.74) is 10.5. The number of aromatic nitrogens is 1. The molecule has 2 aliphatic rings. The molecule has 1 saturated heterocycles. The van der Waals surface area contributed by atoms with E-state index in [0.29, 0.717) is 43.6 Å². The lowest BCUT2D eigenvalue weighted by molar-refractivity contribution is 0.0889. The number of nitrogens with one attached hydrogen (secondary N) is 1. The zero-order valence-electron chi connectivity index (χ0n) is 19.1. The second kappa shape index (κ2) is 8.56. The molecule has 0 aliphatic carbocycles. The molecule has 3 aromatic rings. The number of amides is 1. The molecular formula is C25H28N4O4S. The Morgan fingerprint density at radius 2 is 1.82 bits per heavy atom. The van der Waals surface area contributed by atoms with Gasteiger partial charge in [-0.1, -0.05) is 24.3 Å². The molecule has 8 nitrogen and oxygen atoms in total. The standard InChI is InChI=1S/C25H28N4O4S/c1-34(32,33)28-13-11-17(12-14-28)27-20-15-16(9-10-18(20)25(26)31)24-19-5-2-3-6-21(19)29-22(24)7-4-8-23(29)30/h2-3,5-6,9-10,15,17,27H,4,7-8,11-14H2,1H3,(H2,26,31). The number of rotatable bonds is 5. The molecule has 0 spiro atoms. The number of benzene rings is 2. The van der Waals surface area contributed by atoms with E-state index in [4.69, 9.17) is 5.73 Å². The fourth-order valence-corrected chi connectivity index (χ4v) is 6.12. The zero-order chi connectivity index (χ0) is 24.0. The van der Waals surface area contributed by atoms with Crippen LogP contribution in [0.25, 0.3) is 22.0 Å². The molecule has 5 rings (SSSR count). The lowest BCUT2D eigenvalue weighted by atomic mass is 9.96. The van der Waals surface area contributed by atoms with Crippen LogP contribution >= 0.6 is 0 Å². The van der Waals surface area contributed by atoms with Crippen LogP contribution in [-0.2, 0) is 16.4 Å². The van der Waals surface area contributed by atoms with Gasteiger partial charge in [-0.3, -0.25) is 14.2 Å². The van der Waals surface area contributed by atoms with Gasteiger partial charge in [0, 0.05) is 47.9 Å². The van der Waals surface area contributed by atoms with E-state index in [1.807, 2.05) is 41.0 Å². The second-order valence-electron chi connectivity index (χ2n) is 9.13. The molecule has 1 fully saturated rings. The van der Waals surface area contributed by atoms with Gasteiger partial charge in [0.25, 0.3) is 5.91 Å². The molecule has 0 radical (unpaired) electrons. The Labute approximate surface area is 198 Å². The highest BCUT2D eigenvalue weighted by Gasteiger charge is 2.28. The van der Waals surface area contributed by atoms with E-state index in [0.717, 1.165) is 40.6 Å². The van der Waals surface area contributed by atoms with Crippen molar-refractivity contribution in [3.63, 3.8) is 0 Å². The summed E-state index contributed by atoms with van der Waals surface area (Å²) in [5, 5.41) is 4.45. The fourth-order valence-electron chi connectivity index (χ4n) is 5.24. The minimum absolute atomic E-state index is 0.0209. The van der Waals surface area contributed by atoms with Gasteiger partial charge in [0.05, 0.1) is 17.3 Å². The largest absolute Gasteiger partial charge is 0.382 e. The van der Waals surface area contributed by atoms with Gasteiger partial charge in [0.1, 0.15) is 0 Å². The number of hydrogen-bond donors (Lipinski definition) is 2. The summed E-state index contributed by atoms with van der Waals surface area (Å²) in [6.07, 6.45) is 4.64. The summed E-state index contributed by atoms with van der Waals surface area (Å²) in [6, 6.07) is 13.5. The number of carbonyl (C=O) groups excluding carboxylic acids is 2. The Hall–Kier alpha value is -3.17. The van der Waals surface area contributed by atoms with Crippen LogP contribution in [0.5, 0.6) is 0 Å². The highest BCUT2D eigenvalue weighted by atomic mass is 32.2. The number of primary amides is 1. The molecule has 1 amide bonds. The first-order valence-corrected chi connectivity index (χ1v) is 13.4. The van der Waals surface area contributed by atoms with Gasteiger partial charge in [-0.15, -0.1) is 0 Å². The maximum Gasteiger partial charge on any atom is 0.250 e. The Kier molecular flexibility index (Phi) is 5.69. The van der Waals surface area contributed by atoms with Crippen LogP contribution in [-0.4, -0.2) is 54.5 Å². The van der Waals surface area contributed by atoms with Crippen molar-refractivity contribution in [3.05, 3.63) is 53.7 Å². The third-order valence-corrected chi connectivity index (χ3v) is 8.19. The van der Waals surface area contributed by atoms with Gasteiger partial charge in [-0.05, 0) is 49.4 Å². The number of anilines is 1. The number of para-hydroxylation sites is 1. The molecule has 3 N–H and O–H groups in total. The topological polar surface area (TPSA) is 114 Å². The molecular weight excluding hydrogens is 452 g/mol. The molecule has 0 atom stereocenters. The van der Waals surface area contributed by atoms with Crippen LogP contribution in [0.4, 0.5) is 5.69 Å². The first-order valence-electron chi connectivity index (χ1n) is 11.6. The molecule has 2 aromatic carbocycles. The number of sulfonamides is 1. The third kappa shape index (κ3) is 3.99. The van der Waals surface area contributed by atoms with Crippen LogP contribution < -0.4 is 11.1 Å². The van der Waals surface area contributed by atoms with Gasteiger partial charge in [0.2, 0.25) is 15.9 Å². The smallest absolute Gasteiger partial charge is 0.250 e. The lowest BCUT2D eigenvalue weighted by Gasteiger charge is -2.31. The van der Waals surface area contributed by atoms with Crippen molar-refractivity contribution >= 4 is 38.4 Å². The zero-order valence-corrected chi connectivity index (χ0v) is 19.9. The van der Waals surface area contributed by atoms with E-state index in [1.54, 1.807) is 6.07 Å². The normalized spacial score (nSPS) is 17.6. The van der Waals surface area contributed by atoms with Crippen molar-refractivity contribution < 1.29 is 18.0 Å². The second-order valence-corrected chi connectivity index (χ2v) is 11.1. The predicted molar refractivity (Wildman–Crippen MR) is 133 cm³/mol. The van der Waals surface area contributed by atoms with Crippen molar-refractivity contribution in [1.82, 2.24) is 8.87 Å². The predicted octanol–water partition coefficient (Wildman–Crippen LogP) is 3.22. The van der Waals surface area contributed by atoms with Crippen LogP contribution in [0, 0.1) is 0 Å². The number of nitrogens with two attached hydrogens (primary N) is 1. The molecule has 34 heavy (non-hydrogen) atoms. The van der Waals surface area contributed by atoms with Crippen LogP contribution in [0.2, 0.25) is 0 Å². The molecule has 0 saturated carbocycles. The lowest BCUT2D eigenvalue weighted by Crippen LogP contribution is -2.42. The number of piperidine rings is 1. The number of nitrogens with zero attached hydrogens (tertiary/aromatic N) is 2. The molecule has 1 aromatic heterocycles. The highest BCUT2D eigenvalue weighted by Crippen LogP contribution is 2.39. The average molecular weight is 481 g/mol. The first-order chi connectivity index (χ1) is 16.2. The van der Waals surface area contributed by atoms with Gasteiger partial charge < -0.3 is 11.1 Å². The minimum atomic E-state index is -3.21. The third-order valence-electron chi connectivity index (χ3n) is 6.88. The summed E-state index contributed by atoms with van der Waals surface area (Å²) in [4.78, 5) is 24.9. The van der Waals surface area contributed by atoms with Crippen molar-refractivity contribution in [2.24, 2.45) is 5.73 Å². The van der Waals surface area contributed by atoms with Crippen LogP contribution in [0.3, 0.4) is 0 Å². The fraction of sp³-hybridized carbons (Fsp3) is 0.360. The summed E-state index contributed by atoms with van der Waals surface area (Å²) in [5.74, 6) is -0.421. The quantitative estimate of drug-likeness (QED) is 0.582. The molecule has 0 unspecified atom stereocenters. The maximum atomic E-state index is 12.8. The van der Waals surface area contributed by atoms with Crippen molar-refractivity contribution in [1.29, 1.82) is 0 Å². The number of carbonyl (C=O) groups is 2. The molecule has 178 valence electrons. The summed E-state index contributed by atoms with van der Waals surface area (Å²) in [6.45, 7) is 0.865. The van der Waals surface area contributed by atoms with E-state index in [1.165, 1.54) is 10.6 Å². The number of hydrogen-bond acceptors (Lipinski definition) is 5. The van der Waals surface area contributed by atoms with E-state index < -0.39 is 15.9 Å². The Bertz CT molecular complexity index is 1400. The maximum absolute atomic E-state index is 12.8. The van der Waals surface area contributed by atoms with Crippen molar-refractivity contribution in [2.75, 3.05) is 24.7 Å². The highest BCUT2D eigenvalue weighted by molar-refractivity contribution is 7.88. The van der Waals surface area contributed by atoms with E-state index in [2.05, 4.69) is 5.32 Å². The summed E-state index contributed by atoms with van der Waals surface area (Å²) in [7, 11) is -3.21. The molecule has 0 bridgehead atoms. The SMILES string of the molecule is CS(=O)(=O)N1CCC(Nc2cc(-c3c4n(c5ccccc35)C(=O)CCC4)ccc2C(N)=O)CC1. The van der Waals surface area contributed by atoms with Gasteiger partial charge in [-0.25, -0.2) is 12.7 Å². The summed E-state index contributed by atoms with van der Waals surface area (Å²) >= 11 is 0. The van der Waals surface area contributed by atoms with Crippen molar-refractivity contribution in [3.8, 4) is 11.1 Å². The van der Waals surface area contributed by atoms with E-state index >= 15 is 0 Å². The minimum Gasteiger partial charge on any atom is -0.382 e. The Balaban J connectivity index is 1.54. The molecule has 9 heteroatoms. The van der Waals surface area contributed by atoms with Crippen LogP contribution in [0.1, 0.15) is 46.5 Å². The first kappa shape index (κ1) is 22.6. The molecule has 2 aliphatic heterocycles. The van der Waals surface area contributed by atoms with Gasteiger partial charge >= 0.3 is 0 Å². The van der Waals surface area contributed by atoms with Crippen molar-refractivity contribution in [2.45, 2.75) is 38.1 Å². The summed E-state index contributed by atoms with van der Waals surface area (Å²) < 4.78 is 27.0. The van der Waals surface area contributed by atoms with E-state index in [-0.39, 0.29) is 11.9 Å². The monoisotopic (exact) mass is 480 g/mol. The number of fused-ring (bicyclic) bond motifs is 3. The van der Waals surface area contributed by atoms with Gasteiger partial charge in [-0.2, -0.15) is 0 Å². The van der Waals surface area contributed by atoms with E-state index in [9.17, 15) is 18.0 Å². The van der Waals surface area contributed by atoms with Crippen LogP contribution in [0.15, 0.2) is 42.5 Å².